The summed E-state index contributed by atoms with van der Waals surface area (Å²) in [5, 5.41) is 8.84. The van der Waals surface area contributed by atoms with Crippen LogP contribution in [0.25, 0.3) is 0 Å². The first-order valence-corrected chi connectivity index (χ1v) is 8.40. The molecule has 1 heterocycles. The molecule has 0 aliphatic heterocycles. The summed E-state index contributed by atoms with van der Waals surface area (Å²) in [6.07, 6.45) is 1.38. The summed E-state index contributed by atoms with van der Waals surface area (Å²) in [6, 6.07) is 7.46. The van der Waals surface area contributed by atoms with Crippen LogP contribution in [0.4, 0.5) is 5.69 Å². The Balaban J connectivity index is 2.47. The fourth-order valence-electron chi connectivity index (χ4n) is 1.47. The van der Waals surface area contributed by atoms with Crippen LogP contribution in [0.5, 0.6) is 0 Å². The van der Waals surface area contributed by atoms with Crippen LogP contribution in [0.2, 0.25) is 10.2 Å². The van der Waals surface area contributed by atoms with Crippen molar-refractivity contribution in [1.82, 2.24) is 4.98 Å². The number of nitrogens with zero attached hydrogens (tertiary/aromatic N) is 2. The molecule has 0 atom stereocenters. The summed E-state index contributed by atoms with van der Waals surface area (Å²) in [5.74, 6) is 0. The fraction of sp³-hybridized carbons (Fsp3) is 0. The average Bonchev–Trinajstić information content (AvgIpc) is 2.43. The minimum Gasteiger partial charge on any atom is -0.278 e. The predicted molar refractivity (Wildman–Crippen MR) is 83.9 cm³/mol. The lowest BCUT2D eigenvalue weighted by Crippen LogP contribution is -2.14. The van der Waals surface area contributed by atoms with Gasteiger partial charge in [-0.2, -0.15) is 5.26 Å². The van der Waals surface area contributed by atoms with Crippen molar-refractivity contribution in [2.24, 2.45) is 0 Å². The van der Waals surface area contributed by atoms with Crippen LogP contribution in [0.3, 0.4) is 0 Å². The number of benzene rings is 1. The number of pyridine rings is 1. The van der Waals surface area contributed by atoms with Gasteiger partial charge >= 0.3 is 0 Å². The van der Waals surface area contributed by atoms with Gasteiger partial charge in [-0.3, -0.25) is 4.72 Å². The average molecular weight is 407 g/mol. The summed E-state index contributed by atoms with van der Waals surface area (Å²) in [4.78, 5) is 3.56. The normalized spacial score (nSPS) is 11.0. The van der Waals surface area contributed by atoms with E-state index in [2.05, 4.69) is 25.6 Å². The lowest BCUT2D eigenvalue weighted by molar-refractivity contribution is 0.601. The highest BCUT2D eigenvalue weighted by atomic mass is 79.9. The minimum atomic E-state index is -3.98. The summed E-state index contributed by atoms with van der Waals surface area (Å²) in [6.45, 7) is 0. The molecule has 0 unspecified atom stereocenters. The van der Waals surface area contributed by atoms with Crippen LogP contribution in [-0.4, -0.2) is 13.4 Å². The van der Waals surface area contributed by atoms with Gasteiger partial charge in [-0.1, -0.05) is 23.2 Å². The molecule has 1 aromatic heterocycles. The van der Waals surface area contributed by atoms with E-state index >= 15 is 0 Å². The zero-order valence-electron chi connectivity index (χ0n) is 10.1. The van der Waals surface area contributed by atoms with E-state index in [4.69, 9.17) is 28.5 Å². The highest BCUT2D eigenvalue weighted by Gasteiger charge is 2.20. The molecule has 0 saturated carbocycles. The van der Waals surface area contributed by atoms with Crippen LogP contribution in [-0.2, 0) is 10.0 Å². The van der Waals surface area contributed by atoms with Crippen molar-refractivity contribution in [3.63, 3.8) is 0 Å². The molecule has 0 spiro atoms. The first kappa shape index (κ1) is 16.0. The van der Waals surface area contributed by atoms with E-state index in [9.17, 15) is 8.42 Å². The second-order valence-corrected chi connectivity index (χ2v) is 7.19. The SMILES string of the molecule is N#Cc1ccc(Cl)c(NS(=O)(=O)c2cc(Br)cnc2Cl)c1. The van der Waals surface area contributed by atoms with Gasteiger partial charge in [0.05, 0.1) is 22.3 Å². The van der Waals surface area contributed by atoms with E-state index in [1.807, 2.05) is 6.07 Å². The quantitative estimate of drug-likeness (QED) is 0.785. The number of sulfonamides is 1. The molecule has 0 bridgehead atoms. The van der Waals surface area contributed by atoms with Crippen LogP contribution in [0.1, 0.15) is 5.56 Å². The van der Waals surface area contributed by atoms with Gasteiger partial charge in [0.25, 0.3) is 10.0 Å². The third-order valence-corrected chi connectivity index (χ3v) is 4.96. The molecular weight excluding hydrogens is 401 g/mol. The molecule has 21 heavy (non-hydrogen) atoms. The molecule has 9 heteroatoms. The highest BCUT2D eigenvalue weighted by Crippen LogP contribution is 2.28. The van der Waals surface area contributed by atoms with E-state index in [-0.39, 0.29) is 26.3 Å². The molecule has 1 N–H and O–H groups in total. The first-order valence-electron chi connectivity index (χ1n) is 5.37. The molecule has 108 valence electrons. The van der Waals surface area contributed by atoms with Gasteiger partial charge in [0.1, 0.15) is 10.0 Å². The number of aromatic nitrogens is 1. The number of nitrogens with one attached hydrogen (secondary N) is 1. The van der Waals surface area contributed by atoms with Gasteiger partial charge in [-0.25, -0.2) is 13.4 Å². The van der Waals surface area contributed by atoms with Crippen molar-refractivity contribution in [2.75, 3.05) is 4.72 Å². The number of hydrogen-bond donors (Lipinski definition) is 1. The summed E-state index contributed by atoms with van der Waals surface area (Å²) < 4.78 is 27.4. The van der Waals surface area contributed by atoms with Gasteiger partial charge in [0.2, 0.25) is 0 Å². The smallest absolute Gasteiger partial charge is 0.265 e. The number of rotatable bonds is 3. The first-order chi connectivity index (χ1) is 9.83. The maximum atomic E-state index is 12.3. The van der Waals surface area contributed by atoms with Crippen LogP contribution in [0, 0.1) is 11.3 Å². The maximum absolute atomic E-state index is 12.3. The molecule has 0 amide bonds. The topological polar surface area (TPSA) is 82.9 Å². The third-order valence-electron chi connectivity index (χ3n) is 2.40. The van der Waals surface area contributed by atoms with Crippen molar-refractivity contribution in [3.05, 3.63) is 50.7 Å². The van der Waals surface area contributed by atoms with E-state index in [0.29, 0.717) is 4.47 Å². The van der Waals surface area contributed by atoms with E-state index in [1.165, 1.54) is 30.5 Å². The van der Waals surface area contributed by atoms with Crippen LogP contribution < -0.4 is 4.72 Å². The standard InChI is InChI=1S/C12H6BrCl2N3O2S/c13-8-4-11(12(15)17-6-8)21(19,20)18-10-3-7(5-16)1-2-9(10)14/h1-4,6,18H. The molecule has 2 aromatic rings. The Kier molecular flexibility index (Phi) is 4.74. The molecule has 5 nitrogen and oxygen atoms in total. The number of halogens is 3. The number of hydrogen-bond acceptors (Lipinski definition) is 4. The summed E-state index contributed by atoms with van der Waals surface area (Å²) in [5.41, 5.74) is 0.363. The second-order valence-electron chi connectivity index (χ2n) is 3.85. The number of anilines is 1. The highest BCUT2D eigenvalue weighted by molar-refractivity contribution is 9.10. The summed E-state index contributed by atoms with van der Waals surface area (Å²) in [7, 11) is -3.98. The van der Waals surface area contributed by atoms with Crippen molar-refractivity contribution in [2.45, 2.75) is 4.90 Å². The molecule has 1 aromatic carbocycles. The molecule has 0 fully saturated rings. The molecule has 2 rings (SSSR count). The Morgan fingerprint density at radius 3 is 2.67 bits per heavy atom. The Morgan fingerprint density at radius 2 is 2.00 bits per heavy atom. The Morgan fingerprint density at radius 1 is 1.29 bits per heavy atom. The zero-order valence-corrected chi connectivity index (χ0v) is 14.1. The summed E-state index contributed by atoms with van der Waals surface area (Å²) >= 11 is 14.9. The Bertz CT molecular complexity index is 850. The van der Waals surface area contributed by atoms with Crippen molar-refractivity contribution in [3.8, 4) is 6.07 Å². The largest absolute Gasteiger partial charge is 0.278 e. The Hall–Kier alpha value is -1.33. The van der Waals surface area contributed by atoms with Crippen LogP contribution in [0.15, 0.2) is 39.8 Å². The van der Waals surface area contributed by atoms with Gasteiger partial charge in [0, 0.05) is 10.7 Å². The van der Waals surface area contributed by atoms with Gasteiger partial charge in [-0.05, 0) is 40.2 Å². The zero-order chi connectivity index (χ0) is 15.6. The lowest BCUT2D eigenvalue weighted by Gasteiger charge is -2.11. The predicted octanol–water partition coefficient (Wildman–Crippen LogP) is 3.82. The van der Waals surface area contributed by atoms with E-state index in [0.717, 1.165) is 0 Å². The molecular formula is C12H6BrCl2N3O2S. The van der Waals surface area contributed by atoms with Crippen molar-refractivity contribution < 1.29 is 8.42 Å². The molecule has 0 radical (unpaired) electrons. The molecule has 0 saturated heterocycles. The second kappa shape index (κ2) is 6.20. The third kappa shape index (κ3) is 3.66. The van der Waals surface area contributed by atoms with Gasteiger partial charge < -0.3 is 0 Å². The van der Waals surface area contributed by atoms with Gasteiger partial charge in [-0.15, -0.1) is 0 Å². The van der Waals surface area contributed by atoms with Crippen molar-refractivity contribution >= 4 is 54.8 Å². The maximum Gasteiger partial charge on any atom is 0.265 e. The number of nitriles is 1. The fourth-order valence-corrected chi connectivity index (χ4v) is 3.70. The van der Waals surface area contributed by atoms with E-state index < -0.39 is 10.0 Å². The van der Waals surface area contributed by atoms with Gasteiger partial charge in [0.15, 0.2) is 0 Å². The lowest BCUT2D eigenvalue weighted by atomic mass is 10.2. The molecule has 0 aliphatic carbocycles. The van der Waals surface area contributed by atoms with E-state index in [1.54, 1.807) is 0 Å². The van der Waals surface area contributed by atoms with Crippen LogP contribution >= 0.6 is 39.1 Å². The molecule has 0 aliphatic rings. The minimum absolute atomic E-state index is 0.0896. The van der Waals surface area contributed by atoms with Crippen molar-refractivity contribution in [1.29, 1.82) is 5.26 Å². The monoisotopic (exact) mass is 405 g/mol. The Labute approximate surface area is 139 Å².